The van der Waals surface area contributed by atoms with E-state index in [1.54, 1.807) is 25.7 Å². The van der Waals surface area contributed by atoms with Crippen LogP contribution in [0.15, 0.2) is 0 Å². The lowest BCUT2D eigenvalue weighted by molar-refractivity contribution is -0.133. The molecule has 0 radical (unpaired) electrons. The molecule has 2 aliphatic heterocycles. The van der Waals surface area contributed by atoms with Crippen molar-refractivity contribution in [3.05, 3.63) is 0 Å². The minimum absolute atomic E-state index is 0.125. The number of ether oxygens (including phenoxy) is 2. The topological polar surface area (TPSA) is 88.2 Å². The Morgan fingerprint density at radius 2 is 1.44 bits per heavy atom. The Labute approximate surface area is 148 Å². The van der Waals surface area contributed by atoms with Crippen LogP contribution in [0.5, 0.6) is 0 Å². The smallest absolute Gasteiger partial charge is 0.418 e. The highest BCUT2D eigenvalue weighted by Gasteiger charge is 2.51. The molecule has 8 heteroatoms. The Morgan fingerprint density at radius 3 is 1.92 bits per heavy atom. The number of hydrogen-bond donors (Lipinski definition) is 1. The maximum Gasteiger partial charge on any atom is 0.418 e. The summed E-state index contributed by atoms with van der Waals surface area (Å²) in [6, 6.07) is 0. The minimum atomic E-state index is -0.810. The number of hydrogen-bond acceptors (Lipinski definition) is 6. The van der Waals surface area contributed by atoms with E-state index in [4.69, 9.17) is 9.47 Å². The van der Waals surface area contributed by atoms with E-state index in [0.29, 0.717) is 25.9 Å². The van der Waals surface area contributed by atoms with Gasteiger partial charge in [-0.25, -0.2) is 14.5 Å². The Balaban J connectivity index is 1.96. The lowest BCUT2D eigenvalue weighted by Crippen LogP contribution is -2.56. The highest BCUT2D eigenvalue weighted by molar-refractivity contribution is 5.99. The van der Waals surface area contributed by atoms with Crippen LogP contribution >= 0.6 is 0 Å². The summed E-state index contributed by atoms with van der Waals surface area (Å²) in [5.41, 5.74) is -2.02. The van der Waals surface area contributed by atoms with Crippen molar-refractivity contribution in [1.29, 1.82) is 0 Å². The average Bonchev–Trinajstić information content (AvgIpc) is 2.73. The Hall–Kier alpha value is -1.83. The van der Waals surface area contributed by atoms with Crippen LogP contribution in [0.4, 0.5) is 9.59 Å². The largest absolute Gasteiger partial charge is 0.444 e. The third-order valence-corrected chi connectivity index (χ3v) is 4.11. The fourth-order valence-corrected chi connectivity index (χ4v) is 2.89. The molecule has 3 amide bonds. The molecule has 2 saturated heterocycles. The Bertz CT molecular complexity index is 554. The third kappa shape index (κ3) is 4.62. The Morgan fingerprint density at radius 1 is 0.960 bits per heavy atom. The third-order valence-electron chi connectivity index (χ3n) is 4.11. The highest BCUT2D eigenvalue weighted by Crippen LogP contribution is 2.30. The molecule has 0 aromatic heterocycles. The zero-order chi connectivity index (χ0) is 19.0. The van der Waals surface area contributed by atoms with Crippen LogP contribution in [0.3, 0.4) is 0 Å². The molecule has 1 N–H and O–H groups in total. The van der Waals surface area contributed by atoms with E-state index in [1.165, 1.54) is 0 Å². The standard InChI is InChI=1S/C17H29N3O5/c1-15(2,3)24-13(22)19-9-7-17(8-10-19)12(21)20(11-18-17)14(23)25-16(4,5)6/h18H,7-11H2,1-6H3. The summed E-state index contributed by atoms with van der Waals surface area (Å²) in [6.45, 7) is 11.6. The number of imide groups is 1. The van der Waals surface area contributed by atoms with Crippen LogP contribution in [-0.4, -0.2) is 64.4 Å². The van der Waals surface area contributed by atoms with E-state index in [2.05, 4.69) is 5.32 Å². The van der Waals surface area contributed by atoms with E-state index in [0.717, 1.165) is 4.90 Å². The fraction of sp³-hybridized carbons (Fsp3) is 0.824. The molecule has 2 heterocycles. The van der Waals surface area contributed by atoms with Crippen LogP contribution in [0.25, 0.3) is 0 Å². The van der Waals surface area contributed by atoms with Gasteiger partial charge in [0, 0.05) is 13.1 Å². The molecule has 0 aliphatic carbocycles. The van der Waals surface area contributed by atoms with Crippen molar-refractivity contribution in [3.8, 4) is 0 Å². The first-order chi connectivity index (χ1) is 11.3. The summed E-state index contributed by atoms with van der Waals surface area (Å²) in [4.78, 5) is 39.8. The van der Waals surface area contributed by atoms with Gasteiger partial charge < -0.3 is 14.4 Å². The molecule has 25 heavy (non-hydrogen) atoms. The molecule has 0 atom stereocenters. The molecule has 0 bridgehead atoms. The van der Waals surface area contributed by atoms with Crippen molar-refractivity contribution in [3.63, 3.8) is 0 Å². The van der Waals surface area contributed by atoms with Crippen LogP contribution in [-0.2, 0) is 14.3 Å². The van der Waals surface area contributed by atoms with Gasteiger partial charge in [-0.2, -0.15) is 0 Å². The van der Waals surface area contributed by atoms with E-state index in [-0.39, 0.29) is 18.7 Å². The van der Waals surface area contributed by atoms with Gasteiger partial charge in [0.05, 0.1) is 6.67 Å². The molecule has 2 rings (SSSR count). The lowest BCUT2D eigenvalue weighted by atomic mass is 9.87. The molecule has 0 aromatic carbocycles. The van der Waals surface area contributed by atoms with Crippen LogP contribution in [0, 0.1) is 0 Å². The fourth-order valence-electron chi connectivity index (χ4n) is 2.89. The number of likely N-dealkylation sites (tertiary alicyclic amines) is 1. The number of carbonyl (C=O) groups is 3. The van der Waals surface area contributed by atoms with Gasteiger partial charge in [0.2, 0.25) is 0 Å². The molecular weight excluding hydrogens is 326 g/mol. The van der Waals surface area contributed by atoms with Gasteiger partial charge in [-0.05, 0) is 54.4 Å². The number of piperidine rings is 1. The minimum Gasteiger partial charge on any atom is -0.444 e. The average molecular weight is 355 g/mol. The number of nitrogens with zero attached hydrogens (tertiary/aromatic N) is 2. The zero-order valence-corrected chi connectivity index (χ0v) is 16.0. The van der Waals surface area contributed by atoms with E-state index < -0.39 is 22.8 Å². The van der Waals surface area contributed by atoms with Crippen LogP contribution in [0.2, 0.25) is 0 Å². The van der Waals surface area contributed by atoms with Crippen molar-refractivity contribution in [2.75, 3.05) is 19.8 Å². The molecule has 1 spiro atoms. The normalized spacial score (nSPS) is 20.8. The predicted molar refractivity (Wildman–Crippen MR) is 90.9 cm³/mol. The second-order valence-corrected chi connectivity index (χ2v) is 8.60. The van der Waals surface area contributed by atoms with Crippen molar-refractivity contribution < 1.29 is 23.9 Å². The zero-order valence-electron chi connectivity index (χ0n) is 16.0. The summed E-state index contributed by atoms with van der Waals surface area (Å²) in [7, 11) is 0. The van der Waals surface area contributed by atoms with Crippen molar-refractivity contribution in [1.82, 2.24) is 15.1 Å². The molecule has 0 aromatic rings. The molecule has 2 fully saturated rings. The van der Waals surface area contributed by atoms with E-state index in [1.807, 2.05) is 20.8 Å². The van der Waals surface area contributed by atoms with Gasteiger partial charge in [-0.3, -0.25) is 10.1 Å². The molecule has 142 valence electrons. The number of rotatable bonds is 0. The number of carbonyl (C=O) groups excluding carboxylic acids is 3. The molecule has 8 nitrogen and oxygen atoms in total. The molecule has 2 aliphatic rings. The lowest BCUT2D eigenvalue weighted by Gasteiger charge is -2.38. The maximum atomic E-state index is 12.7. The maximum absolute atomic E-state index is 12.7. The second kappa shape index (κ2) is 6.48. The van der Waals surface area contributed by atoms with Crippen molar-refractivity contribution >= 4 is 18.1 Å². The first-order valence-corrected chi connectivity index (χ1v) is 8.61. The van der Waals surface area contributed by atoms with Gasteiger partial charge in [0.15, 0.2) is 0 Å². The SMILES string of the molecule is CC(C)(C)OC(=O)N1CCC2(CC1)NCN(C(=O)OC(C)(C)C)C2=O. The molecule has 0 unspecified atom stereocenters. The monoisotopic (exact) mass is 355 g/mol. The first kappa shape index (κ1) is 19.5. The number of nitrogens with one attached hydrogen (secondary N) is 1. The predicted octanol–water partition coefficient (Wildman–Crippen LogP) is 2.08. The Kier molecular flexibility index (Phi) is 5.05. The summed E-state index contributed by atoms with van der Waals surface area (Å²) in [5.74, 6) is -0.286. The van der Waals surface area contributed by atoms with Gasteiger partial charge in [-0.15, -0.1) is 0 Å². The van der Waals surface area contributed by atoms with Crippen molar-refractivity contribution in [2.45, 2.75) is 71.1 Å². The van der Waals surface area contributed by atoms with Crippen LogP contribution < -0.4 is 5.32 Å². The van der Waals surface area contributed by atoms with Gasteiger partial charge >= 0.3 is 12.2 Å². The van der Waals surface area contributed by atoms with Gasteiger partial charge in [0.25, 0.3) is 5.91 Å². The van der Waals surface area contributed by atoms with Gasteiger partial charge in [0.1, 0.15) is 16.7 Å². The summed E-state index contributed by atoms with van der Waals surface area (Å²) < 4.78 is 10.6. The number of amides is 3. The summed E-state index contributed by atoms with van der Waals surface area (Å²) in [6.07, 6.45) is -0.150. The first-order valence-electron chi connectivity index (χ1n) is 8.61. The summed E-state index contributed by atoms with van der Waals surface area (Å²) in [5, 5.41) is 3.14. The summed E-state index contributed by atoms with van der Waals surface area (Å²) >= 11 is 0. The molecular formula is C17H29N3O5. The molecule has 0 saturated carbocycles. The van der Waals surface area contributed by atoms with Gasteiger partial charge in [-0.1, -0.05) is 0 Å². The quantitative estimate of drug-likeness (QED) is 0.716. The van der Waals surface area contributed by atoms with Crippen LogP contribution in [0.1, 0.15) is 54.4 Å². The van der Waals surface area contributed by atoms with E-state index in [9.17, 15) is 14.4 Å². The second-order valence-electron chi connectivity index (χ2n) is 8.60. The highest BCUT2D eigenvalue weighted by atomic mass is 16.6. The van der Waals surface area contributed by atoms with Crippen molar-refractivity contribution in [2.24, 2.45) is 0 Å². The van der Waals surface area contributed by atoms with E-state index >= 15 is 0 Å².